The third-order valence-corrected chi connectivity index (χ3v) is 2.33. The highest BCUT2D eigenvalue weighted by Gasteiger charge is 2.22. The molecule has 0 unspecified atom stereocenters. The van der Waals surface area contributed by atoms with Crippen LogP contribution in [0.15, 0.2) is 11.0 Å². The average molecular weight is 183 g/mol. The first-order valence-electron chi connectivity index (χ1n) is 4.35. The van der Waals surface area contributed by atoms with E-state index in [0.29, 0.717) is 6.54 Å². The van der Waals surface area contributed by atoms with E-state index in [9.17, 15) is 4.79 Å². The molecule has 0 spiro atoms. The van der Waals surface area contributed by atoms with Gasteiger partial charge in [0.1, 0.15) is 0 Å². The second-order valence-electron chi connectivity index (χ2n) is 4.02. The predicted octanol–water partition coefficient (Wildman–Crippen LogP) is 0.189. The molecule has 4 heteroatoms. The van der Waals surface area contributed by atoms with Crippen molar-refractivity contribution in [3.05, 3.63) is 22.4 Å². The Morgan fingerprint density at radius 1 is 1.54 bits per heavy atom. The van der Waals surface area contributed by atoms with Gasteiger partial charge >= 0.3 is 5.69 Å². The maximum Gasteiger partial charge on any atom is 0.328 e. The van der Waals surface area contributed by atoms with Crippen molar-refractivity contribution in [3.63, 3.8) is 0 Å². The van der Waals surface area contributed by atoms with Gasteiger partial charge in [-0.05, 0) is 20.8 Å². The Hall–Kier alpha value is -1.03. The zero-order valence-electron chi connectivity index (χ0n) is 8.66. The molecule has 13 heavy (non-hydrogen) atoms. The van der Waals surface area contributed by atoms with Crippen LogP contribution < -0.4 is 11.4 Å². The van der Waals surface area contributed by atoms with Gasteiger partial charge in [-0.15, -0.1) is 0 Å². The molecule has 0 fully saturated rings. The molecule has 0 bridgehead atoms. The monoisotopic (exact) mass is 183 g/mol. The highest BCUT2D eigenvalue weighted by Crippen LogP contribution is 2.12. The van der Waals surface area contributed by atoms with Crippen LogP contribution in [0.2, 0.25) is 0 Å². The molecule has 0 atom stereocenters. The van der Waals surface area contributed by atoms with Crippen LogP contribution in [-0.2, 0) is 12.6 Å². The number of rotatable bonds is 2. The van der Waals surface area contributed by atoms with Gasteiger partial charge in [0.2, 0.25) is 0 Å². The minimum Gasteiger partial charge on any atom is -0.328 e. The molecule has 0 aliphatic carbocycles. The van der Waals surface area contributed by atoms with E-state index in [2.05, 4.69) is 0 Å². The second kappa shape index (κ2) is 3.03. The zero-order chi connectivity index (χ0) is 10.2. The first-order chi connectivity index (χ1) is 5.90. The molecule has 1 rings (SSSR count). The van der Waals surface area contributed by atoms with Crippen molar-refractivity contribution in [2.75, 3.05) is 6.54 Å². The van der Waals surface area contributed by atoms with Crippen LogP contribution in [0.3, 0.4) is 0 Å². The van der Waals surface area contributed by atoms with Gasteiger partial charge in [-0.2, -0.15) is 0 Å². The number of aromatic nitrogens is 2. The topological polar surface area (TPSA) is 53.0 Å². The van der Waals surface area contributed by atoms with Crippen LogP contribution in [0.4, 0.5) is 0 Å². The normalized spacial score (nSPS) is 12.1. The van der Waals surface area contributed by atoms with Gasteiger partial charge < -0.3 is 10.3 Å². The summed E-state index contributed by atoms with van der Waals surface area (Å²) in [6, 6.07) is 0. The van der Waals surface area contributed by atoms with Gasteiger partial charge in [0.25, 0.3) is 0 Å². The lowest BCUT2D eigenvalue weighted by atomic mass is 10.1. The van der Waals surface area contributed by atoms with Crippen LogP contribution in [0.5, 0.6) is 0 Å². The van der Waals surface area contributed by atoms with Crippen molar-refractivity contribution < 1.29 is 0 Å². The zero-order valence-corrected chi connectivity index (χ0v) is 8.66. The highest BCUT2D eigenvalue weighted by molar-refractivity contribution is 5.02. The van der Waals surface area contributed by atoms with Gasteiger partial charge in [-0.3, -0.25) is 4.57 Å². The van der Waals surface area contributed by atoms with E-state index in [1.54, 1.807) is 16.2 Å². The largest absolute Gasteiger partial charge is 0.328 e. The fraction of sp³-hybridized carbons (Fsp3) is 0.667. The number of imidazole rings is 1. The standard InChI is InChI=1S/C9H17N3O/c1-7-5-11(4)8(13)12(7)9(2,3)6-10/h5H,6,10H2,1-4H3. The van der Waals surface area contributed by atoms with E-state index >= 15 is 0 Å². The van der Waals surface area contributed by atoms with Gasteiger partial charge in [-0.25, -0.2) is 4.79 Å². The molecule has 0 saturated heterocycles. The third kappa shape index (κ3) is 1.54. The Balaban J connectivity index is 3.37. The molecule has 74 valence electrons. The lowest BCUT2D eigenvalue weighted by Gasteiger charge is -2.25. The van der Waals surface area contributed by atoms with Crippen LogP contribution in [-0.4, -0.2) is 15.7 Å². The van der Waals surface area contributed by atoms with Crippen LogP contribution >= 0.6 is 0 Å². The number of hydrogen-bond acceptors (Lipinski definition) is 2. The van der Waals surface area contributed by atoms with Gasteiger partial charge in [0.15, 0.2) is 0 Å². The molecule has 1 aromatic heterocycles. The van der Waals surface area contributed by atoms with Crippen LogP contribution in [0.25, 0.3) is 0 Å². The van der Waals surface area contributed by atoms with Gasteiger partial charge in [0, 0.05) is 25.5 Å². The molecule has 0 radical (unpaired) electrons. The molecule has 4 nitrogen and oxygen atoms in total. The smallest absolute Gasteiger partial charge is 0.328 e. The number of aryl methyl sites for hydroxylation is 2. The fourth-order valence-corrected chi connectivity index (χ4v) is 1.53. The quantitative estimate of drug-likeness (QED) is 0.711. The summed E-state index contributed by atoms with van der Waals surface area (Å²) < 4.78 is 3.31. The number of nitrogens with two attached hydrogens (primary N) is 1. The minimum absolute atomic E-state index is 0.00653. The van der Waals surface area contributed by atoms with E-state index in [-0.39, 0.29) is 11.2 Å². The summed E-state index contributed by atoms with van der Waals surface area (Å²) >= 11 is 0. The molecular formula is C9H17N3O. The third-order valence-electron chi connectivity index (χ3n) is 2.33. The van der Waals surface area contributed by atoms with E-state index in [4.69, 9.17) is 5.73 Å². The molecule has 1 aromatic rings. The molecule has 0 saturated carbocycles. The van der Waals surface area contributed by atoms with Crippen molar-refractivity contribution in [3.8, 4) is 0 Å². The number of nitrogens with zero attached hydrogens (tertiary/aromatic N) is 2. The Bertz CT molecular complexity index is 359. The summed E-state index contributed by atoms with van der Waals surface area (Å²) in [4.78, 5) is 11.7. The highest BCUT2D eigenvalue weighted by atomic mass is 16.1. The van der Waals surface area contributed by atoms with Crippen LogP contribution in [0.1, 0.15) is 19.5 Å². The average Bonchev–Trinajstić information content (AvgIpc) is 2.27. The number of hydrogen-bond donors (Lipinski definition) is 1. The van der Waals surface area contributed by atoms with E-state index in [1.807, 2.05) is 27.0 Å². The molecule has 0 amide bonds. The summed E-state index contributed by atoms with van der Waals surface area (Å²) in [5, 5.41) is 0. The Morgan fingerprint density at radius 3 is 2.38 bits per heavy atom. The lowest BCUT2D eigenvalue weighted by Crippen LogP contribution is -2.42. The van der Waals surface area contributed by atoms with Crippen molar-refractivity contribution in [2.45, 2.75) is 26.3 Å². The summed E-state index contributed by atoms with van der Waals surface area (Å²) in [6.07, 6.45) is 1.82. The van der Waals surface area contributed by atoms with Gasteiger partial charge in [-0.1, -0.05) is 0 Å². The maximum atomic E-state index is 11.7. The molecular weight excluding hydrogens is 166 g/mol. The van der Waals surface area contributed by atoms with Crippen molar-refractivity contribution in [1.29, 1.82) is 0 Å². The Morgan fingerprint density at radius 2 is 2.08 bits per heavy atom. The minimum atomic E-state index is -0.303. The van der Waals surface area contributed by atoms with Crippen molar-refractivity contribution in [1.82, 2.24) is 9.13 Å². The van der Waals surface area contributed by atoms with Crippen LogP contribution in [0, 0.1) is 6.92 Å². The predicted molar refractivity (Wildman–Crippen MR) is 52.8 cm³/mol. The summed E-state index contributed by atoms with van der Waals surface area (Å²) in [5.74, 6) is 0. The first kappa shape index (κ1) is 10.1. The van der Waals surface area contributed by atoms with Gasteiger partial charge in [0.05, 0.1) is 5.54 Å². The summed E-state index contributed by atoms with van der Waals surface area (Å²) in [7, 11) is 1.75. The Labute approximate surface area is 78.0 Å². The molecule has 0 aromatic carbocycles. The first-order valence-corrected chi connectivity index (χ1v) is 4.35. The Kier molecular flexibility index (Phi) is 2.34. The van der Waals surface area contributed by atoms with Crippen molar-refractivity contribution in [2.24, 2.45) is 12.8 Å². The summed E-state index contributed by atoms with van der Waals surface area (Å²) in [6.45, 7) is 6.29. The molecule has 0 aliphatic rings. The second-order valence-corrected chi connectivity index (χ2v) is 4.02. The van der Waals surface area contributed by atoms with E-state index < -0.39 is 0 Å². The van der Waals surface area contributed by atoms with E-state index in [0.717, 1.165) is 5.69 Å². The van der Waals surface area contributed by atoms with Crippen molar-refractivity contribution >= 4 is 0 Å². The summed E-state index contributed by atoms with van der Waals surface area (Å²) in [5.41, 5.74) is 6.25. The lowest BCUT2D eigenvalue weighted by molar-refractivity contribution is 0.347. The molecule has 0 aliphatic heterocycles. The molecule has 1 heterocycles. The molecule has 2 N–H and O–H groups in total. The SMILES string of the molecule is Cc1cn(C)c(=O)n1C(C)(C)CN. The fourth-order valence-electron chi connectivity index (χ4n) is 1.53. The maximum absolute atomic E-state index is 11.7. The van der Waals surface area contributed by atoms with E-state index in [1.165, 1.54) is 0 Å².